The van der Waals surface area contributed by atoms with E-state index in [-0.39, 0.29) is 11.5 Å². The fourth-order valence-electron chi connectivity index (χ4n) is 4.05. The van der Waals surface area contributed by atoms with Gasteiger partial charge in [-0.15, -0.1) is 0 Å². The summed E-state index contributed by atoms with van der Waals surface area (Å²) in [6.07, 6.45) is 6.97. The summed E-state index contributed by atoms with van der Waals surface area (Å²) >= 11 is 0. The van der Waals surface area contributed by atoms with Crippen molar-refractivity contribution < 1.29 is 18.3 Å². The zero-order valence-corrected chi connectivity index (χ0v) is 16.4. The normalized spacial score (nSPS) is 28.4. The van der Waals surface area contributed by atoms with E-state index in [9.17, 15) is 8.78 Å². The van der Waals surface area contributed by atoms with Gasteiger partial charge in [-0.05, 0) is 50.2 Å². The second-order valence-corrected chi connectivity index (χ2v) is 7.91. The number of halogens is 2. The topological polar surface area (TPSA) is 18.5 Å². The van der Waals surface area contributed by atoms with Crippen LogP contribution in [0.3, 0.4) is 0 Å². The minimum atomic E-state index is -0.701. The highest BCUT2D eigenvalue weighted by Gasteiger charge is 2.25. The van der Waals surface area contributed by atoms with E-state index in [4.69, 9.17) is 9.47 Å². The molecule has 0 spiro atoms. The molecule has 0 N–H and O–H groups in total. The van der Waals surface area contributed by atoms with E-state index in [0.29, 0.717) is 24.7 Å². The molecule has 0 bridgehead atoms. The summed E-state index contributed by atoms with van der Waals surface area (Å²) < 4.78 is 40.3. The Labute approximate surface area is 161 Å². The molecule has 2 nitrogen and oxygen atoms in total. The fraction of sp³-hybridized carbons (Fsp3) is 0.652. The number of rotatable bonds is 4. The monoisotopic (exact) mass is 376 g/mol. The third-order valence-corrected chi connectivity index (χ3v) is 5.83. The van der Waals surface area contributed by atoms with Crippen molar-refractivity contribution in [2.45, 2.75) is 65.1 Å². The summed E-state index contributed by atoms with van der Waals surface area (Å²) in [5.74, 6) is 5.95. The molecule has 0 amide bonds. The average molecular weight is 376 g/mol. The quantitative estimate of drug-likeness (QED) is 0.601. The average Bonchev–Trinajstić information content (AvgIpc) is 2.68. The summed E-state index contributed by atoms with van der Waals surface area (Å²) in [6, 6.07) is 2.60. The van der Waals surface area contributed by atoms with Gasteiger partial charge in [0.2, 0.25) is 0 Å². The van der Waals surface area contributed by atoms with E-state index in [1.807, 2.05) is 0 Å². The first-order chi connectivity index (χ1) is 13.1. The maximum Gasteiger partial charge on any atom is 0.184 e. The van der Waals surface area contributed by atoms with Crippen LogP contribution in [0.4, 0.5) is 8.78 Å². The van der Waals surface area contributed by atoms with E-state index < -0.39 is 17.9 Å². The van der Waals surface area contributed by atoms with Crippen LogP contribution in [-0.2, 0) is 9.47 Å². The third kappa shape index (κ3) is 5.30. The lowest BCUT2D eigenvalue weighted by molar-refractivity contribution is -0.206. The number of benzene rings is 1. The minimum Gasteiger partial charge on any atom is -0.348 e. The molecule has 0 radical (unpaired) electrons. The van der Waals surface area contributed by atoms with Crippen LogP contribution in [-0.4, -0.2) is 13.2 Å². The van der Waals surface area contributed by atoms with Gasteiger partial charge in [-0.1, -0.05) is 38.5 Å². The van der Waals surface area contributed by atoms with Crippen LogP contribution in [0.1, 0.15) is 76.2 Å². The summed E-state index contributed by atoms with van der Waals surface area (Å²) in [5.41, 5.74) is 0.241. The molecule has 1 aliphatic carbocycles. The van der Waals surface area contributed by atoms with Crippen molar-refractivity contribution in [2.24, 2.45) is 17.8 Å². The first kappa shape index (κ1) is 20.3. The molecule has 1 aromatic carbocycles. The van der Waals surface area contributed by atoms with Crippen LogP contribution >= 0.6 is 0 Å². The molecule has 148 valence electrons. The van der Waals surface area contributed by atoms with Crippen molar-refractivity contribution in [3.63, 3.8) is 0 Å². The van der Waals surface area contributed by atoms with E-state index in [1.165, 1.54) is 18.6 Å². The molecule has 1 saturated carbocycles. The van der Waals surface area contributed by atoms with Gasteiger partial charge in [-0.2, -0.15) is 0 Å². The number of hydrogen-bond acceptors (Lipinski definition) is 2. The molecule has 27 heavy (non-hydrogen) atoms. The molecule has 0 unspecified atom stereocenters. The molecule has 4 heteroatoms. The first-order valence-corrected chi connectivity index (χ1v) is 10.3. The van der Waals surface area contributed by atoms with Gasteiger partial charge < -0.3 is 9.47 Å². The highest BCUT2D eigenvalue weighted by molar-refractivity contribution is 5.40. The number of ether oxygens (including phenoxy) is 2. The van der Waals surface area contributed by atoms with Gasteiger partial charge in [0.05, 0.1) is 18.8 Å². The van der Waals surface area contributed by atoms with Crippen molar-refractivity contribution in [3.05, 3.63) is 34.9 Å². The Balaban J connectivity index is 1.65. The smallest absolute Gasteiger partial charge is 0.184 e. The molecule has 0 aromatic heterocycles. The van der Waals surface area contributed by atoms with Crippen LogP contribution in [0.5, 0.6) is 0 Å². The van der Waals surface area contributed by atoms with Crippen molar-refractivity contribution >= 4 is 0 Å². The predicted molar refractivity (Wildman–Crippen MR) is 102 cm³/mol. The largest absolute Gasteiger partial charge is 0.348 e. The third-order valence-electron chi connectivity index (χ3n) is 5.83. The van der Waals surface area contributed by atoms with Gasteiger partial charge in [0.25, 0.3) is 0 Å². The van der Waals surface area contributed by atoms with E-state index in [0.717, 1.165) is 44.4 Å². The lowest BCUT2D eigenvalue weighted by atomic mass is 9.81. The minimum absolute atomic E-state index is 0.143. The second kappa shape index (κ2) is 9.66. The Kier molecular flexibility index (Phi) is 7.26. The standard InChI is InChI=1S/C23H30F2O2/c1-3-5-18-14-26-23(27-15-18)19-12-21(24)20(22(25)13-19)11-10-17-8-6-16(4-2)7-9-17/h12-13,16-18,23H,3-9,14-15H2,1-2H3/t16-,17-,18-,23-. The summed E-state index contributed by atoms with van der Waals surface area (Å²) in [6.45, 7) is 5.45. The second-order valence-electron chi connectivity index (χ2n) is 7.91. The van der Waals surface area contributed by atoms with Gasteiger partial charge in [-0.25, -0.2) is 8.78 Å². The summed E-state index contributed by atoms with van der Waals surface area (Å²) in [5, 5.41) is 0. The highest BCUT2D eigenvalue weighted by Crippen LogP contribution is 2.31. The van der Waals surface area contributed by atoms with E-state index in [2.05, 4.69) is 25.7 Å². The summed E-state index contributed by atoms with van der Waals surface area (Å²) in [4.78, 5) is 0. The van der Waals surface area contributed by atoms with Crippen LogP contribution < -0.4 is 0 Å². The number of hydrogen-bond donors (Lipinski definition) is 0. The van der Waals surface area contributed by atoms with Crippen molar-refractivity contribution in [1.82, 2.24) is 0 Å². The van der Waals surface area contributed by atoms with Gasteiger partial charge in [0, 0.05) is 17.4 Å². The van der Waals surface area contributed by atoms with Gasteiger partial charge in [0.1, 0.15) is 11.6 Å². The Bertz CT molecular complexity index is 652. The van der Waals surface area contributed by atoms with Crippen molar-refractivity contribution in [2.75, 3.05) is 13.2 Å². The molecule has 3 rings (SSSR count). The fourth-order valence-corrected chi connectivity index (χ4v) is 4.05. The molecule has 1 aliphatic heterocycles. The van der Waals surface area contributed by atoms with Gasteiger partial charge >= 0.3 is 0 Å². The zero-order chi connectivity index (χ0) is 19.2. The summed E-state index contributed by atoms with van der Waals surface area (Å²) in [7, 11) is 0. The Hall–Kier alpha value is -1.44. The molecule has 1 heterocycles. The van der Waals surface area contributed by atoms with Crippen LogP contribution in [0, 0.1) is 41.2 Å². The molecule has 2 fully saturated rings. The lowest BCUT2D eigenvalue weighted by Crippen LogP contribution is -2.27. The Morgan fingerprint density at radius 1 is 0.963 bits per heavy atom. The Morgan fingerprint density at radius 3 is 2.15 bits per heavy atom. The van der Waals surface area contributed by atoms with Crippen LogP contribution in [0.2, 0.25) is 0 Å². The highest BCUT2D eigenvalue weighted by atomic mass is 19.1. The Morgan fingerprint density at radius 2 is 1.59 bits per heavy atom. The van der Waals surface area contributed by atoms with E-state index >= 15 is 0 Å². The SMILES string of the molecule is CCC[C@H]1CO[C@H](c2cc(F)c(C#C[C@H]3CC[C@H](CC)CC3)c(F)c2)OC1. The van der Waals surface area contributed by atoms with Crippen molar-refractivity contribution in [3.8, 4) is 11.8 Å². The molecular weight excluding hydrogens is 346 g/mol. The van der Waals surface area contributed by atoms with Gasteiger partial charge in [0.15, 0.2) is 6.29 Å². The molecule has 0 atom stereocenters. The first-order valence-electron chi connectivity index (χ1n) is 10.3. The molecule has 1 aromatic rings. The maximum absolute atomic E-state index is 14.5. The van der Waals surface area contributed by atoms with Crippen LogP contribution in [0.25, 0.3) is 0 Å². The maximum atomic E-state index is 14.5. The van der Waals surface area contributed by atoms with Gasteiger partial charge in [-0.3, -0.25) is 0 Å². The van der Waals surface area contributed by atoms with Crippen molar-refractivity contribution in [1.29, 1.82) is 0 Å². The molecule has 2 aliphatic rings. The molecule has 1 saturated heterocycles. The lowest BCUT2D eigenvalue weighted by Gasteiger charge is -2.29. The molecular formula is C23H30F2O2. The predicted octanol–water partition coefficient (Wildman–Crippen LogP) is 5.99. The van der Waals surface area contributed by atoms with E-state index in [1.54, 1.807) is 0 Å². The van der Waals surface area contributed by atoms with Crippen LogP contribution in [0.15, 0.2) is 12.1 Å². The zero-order valence-electron chi connectivity index (χ0n) is 16.4.